The molecule has 1 aliphatic rings. The van der Waals surface area contributed by atoms with E-state index in [2.05, 4.69) is 10.3 Å². The van der Waals surface area contributed by atoms with E-state index < -0.39 is 0 Å². The van der Waals surface area contributed by atoms with Crippen LogP contribution in [0.25, 0.3) is 10.8 Å². The SMILES string of the molecule is CC(=O)CN1C(=O)/C(=N\C(=S)NCc2cc3ccccc3cc2O)c2ccccc21. The fraction of sp³-hybridized carbons (Fsp3) is 0.130. The van der Waals surface area contributed by atoms with Crippen molar-refractivity contribution in [2.75, 3.05) is 11.4 Å². The van der Waals surface area contributed by atoms with Crippen LogP contribution in [-0.4, -0.2) is 34.2 Å². The van der Waals surface area contributed by atoms with Crippen molar-refractivity contribution in [1.82, 2.24) is 5.32 Å². The summed E-state index contributed by atoms with van der Waals surface area (Å²) in [7, 11) is 0. The molecule has 0 aliphatic carbocycles. The van der Waals surface area contributed by atoms with Crippen LogP contribution in [0.4, 0.5) is 5.69 Å². The van der Waals surface area contributed by atoms with Gasteiger partial charge in [-0.25, -0.2) is 4.99 Å². The number of carbonyl (C=O) groups is 2. The standard InChI is InChI=1S/C23H19N3O3S/c1-14(27)13-26-19-9-5-4-8-18(19)21(22(26)29)25-23(30)24-12-17-10-15-6-2-3-7-16(15)11-20(17)28/h2-11,28H,12-13H2,1H3,(H,24,30)/b25-21-. The third kappa shape index (κ3) is 3.79. The highest BCUT2D eigenvalue weighted by Crippen LogP contribution is 2.29. The predicted molar refractivity (Wildman–Crippen MR) is 121 cm³/mol. The molecule has 150 valence electrons. The summed E-state index contributed by atoms with van der Waals surface area (Å²) in [4.78, 5) is 30.1. The minimum Gasteiger partial charge on any atom is -0.508 e. The molecule has 0 saturated carbocycles. The zero-order chi connectivity index (χ0) is 21.3. The highest BCUT2D eigenvalue weighted by molar-refractivity contribution is 7.80. The number of rotatable bonds is 4. The summed E-state index contributed by atoms with van der Waals surface area (Å²) in [5.41, 5.74) is 2.16. The largest absolute Gasteiger partial charge is 0.508 e. The molecule has 4 rings (SSSR count). The number of thiocarbonyl (C=S) groups is 1. The first-order valence-electron chi connectivity index (χ1n) is 9.42. The smallest absolute Gasteiger partial charge is 0.278 e. The molecule has 0 spiro atoms. The molecule has 1 heterocycles. The number of phenolic OH excluding ortho intramolecular Hbond substituents is 1. The number of aliphatic imine (C=N–C) groups is 1. The van der Waals surface area contributed by atoms with Crippen molar-refractivity contribution in [3.63, 3.8) is 0 Å². The van der Waals surface area contributed by atoms with Crippen molar-refractivity contribution in [2.24, 2.45) is 4.99 Å². The van der Waals surface area contributed by atoms with Gasteiger partial charge in [-0.2, -0.15) is 0 Å². The summed E-state index contributed by atoms with van der Waals surface area (Å²) in [6, 6.07) is 18.5. The fourth-order valence-electron chi connectivity index (χ4n) is 3.48. The highest BCUT2D eigenvalue weighted by Gasteiger charge is 2.34. The Balaban J connectivity index is 1.55. The molecular formula is C23H19N3O3S. The molecule has 3 aromatic rings. The average Bonchev–Trinajstić information content (AvgIpc) is 2.98. The van der Waals surface area contributed by atoms with Gasteiger partial charge in [0.1, 0.15) is 17.2 Å². The Kier molecular flexibility index (Phi) is 5.29. The van der Waals surface area contributed by atoms with Crippen LogP contribution in [0.2, 0.25) is 0 Å². The molecule has 30 heavy (non-hydrogen) atoms. The van der Waals surface area contributed by atoms with E-state index in [1.807, 2.05) is 36.4 Å². The lowest BCUT2D eigenvalue weighted by molar-refractivity contribution is -0.118. The lowest BCUT2D eigenvalue weighted by Gasteiger charge is -2.14. The maximum absolute atomic E-state index is 12.8. The van der Waals surface area contributed by atoms with E-state index in [0.717, 1.165) is 10.8 Å². The third-order valence-corrected chi connectivity index (χ3v) is 5.10. The quantitative estimate of drug-likeness (QED) is 0.637. The molecule has 7 heteroatoms. The summed E-state index contributed by atoms with van der Waals surface area (Å²) >= 11 is 5.32. The van der Waals surface area contributed by atoms with E-state index in [1.165, 1.54) is 11.8 Å². The normalized spacial score (nSPS) is 14.2. The lowest BCUT2D eigenvalue weighted by atomic mass is 10.1. The number of benzene rings is 3. The number of nitrogens with one attached hydrogen (secondary N) is 1. The maximum Gasteiger partial charge on any atom is 0.278 e. The second kappa shape index (κ2) is 8.04. The van der Waals surface area contributed by atoms with Crippen LogP contribution in [-0.2, 0) is 16.1 Å². The summed E-state index contributed by atoms with van der Waals surface area (Å²) in [5, 5.41) is 15.3. The Morgan fingerprint density at radius 2 is 1.77 bits per heavy atom. The molecule has 0 fully saturated rings. The Labute approximate surface area is 178 Å². The Morgan fingerprint density at radius 1 is 1.10 bits per heavy atom. The topological polar surface area (TPSA) is 82.0 Å². The molecular weight excluding hydrogens is 398 g/mol. The van der Waals surface area contributed by atoms with Gasteiger partial charge in [0.05, 0.1) is 12.2 Å². The zero-order valence-electron chi connectivity index (χ0n) is 16.3. The molecule has 1 amide bonds. The monoisotopic (exact) mass is 417 g/mol. The number of carbonyl (C=O) groups excluding carboxylic acids is 2. The molecule has 3 aromatic carbocycles. The van der Waals surface area contributed by atoms with Crippen LogP contribution in [0.5, 0.6) is 5.75 Å². The molecule has 6 nitrogen and oxygen atoms in total. The van der Waals surface area contributed by atoms with E-state index in [0.29, 0.717) is 16.8 Å². The van der Waals surface area contributed by atoms with Gasteiger partial charge in [-0.3, -0.25) is 14.5 Å². The number of para-hydroxylation sites is 1. The van der Waals surface area contributed by atoms with Crippen molar-refractivity contribution in [2.45, 2.75) is 13.5 Å². The molecule has 0 bridgehead atoms. The van der Waals surface area contributed by atoms with Crippen molar-refractivity contribution in [3.8, 4) is 5.75 Å². The first kappa shape index (κ1) is 19.7. The van der Waals surface area contributed by atoms with Gasteiger partial charge in [-0.15, -0.1) is 0 Å². The van der Waals surface area contributed by atoms with E-state index >= 15 is 0 Å². The molecule has 0 atom stereocenters. The first-order valence-corrected chi connectivity index (χ1v) is 9.82. The van der Waals surface area contributed by atoms with E-state index in [4.69, 9.17) is 12.2 Å². The van der Waals surface area contributed by atoms with Gasteiger partial charge in [0.25, 0.3) is 5.91 Å². The summed E-state index contributed by atoms with van der Waals surface area (Å²) in [6.07, 6.45) is 0. The minimum atomic E-state index is -0.357. The highest BCUT2D eigenvalue weighted by atomic mass is 32.1. The number of hydrogen-bond donors (Lipinski definition) is 2. The Bertz CT molecular complexity index is 1220. The van der Waals surface area contributed by atoms with E-state index in [-0.39, 0.29) is 41.4 Å². The molecule has 0 saturated heterocycles. The summed E-state index contributed by atoms with van der Waals surface area (Å²) < 4.78 is 0. The van der Waals surface area contributed by atoms with Gasteiger partial charge in [-0.1, -0.05) is 42.5 Å². The Morgan fingerprint density at radius 3 is 2.50 bits per heavy atom. The second-order valence-corrected chi connectivity index (χ2v) is 7.44. The third-order valence-electron chi connectivity index (χ3n) is 4.87. The van der Waals surface area contributed by atoms with Crippen LogP contribution in [0.3, 0.4) is 0 Å². The number of hydrogen-bond acceptors (Lipinski definition) is 4. The minimum absolute atomic E-state index is 0.0139. The number of phenols is 1. The summed E-state index contributed by atoms with van der Waals surface area (Å²) in [6.45, 7) is 1.69. The second-order valence-electron chi connectivity index (χ2n) is 7.06. The van der Waals surface area contributed by atoms with Gasteiger partial charge in [0.15, 0.2) is 5.11 Å². The predicted octanol–water partition coefficient (Wildman–Crippen LogP) is 3.34. The van der Waals surface area contributed by atoms with Crippen LogP contribution in [0.15, 0.2) is 65.7 Å². The van der Waals surface area contributed by atoms with E-state index in [1.54, 1.807) is 24.3 Å². The molecule has 1 aliphatic heterocycles. The van der Waals surface area contributed by atoms with Crippen molar-refractivity contribution in [3.05, 3.63) is 71.8 Å². The number of Topliss-reactive ketones (excluding diaryl/α,β-unsaturated/α-hetero) is 1. The van der Waals surface area contributed by atoms with Crippen molar-refractivity contribution in [1.29, 1.82) is 0 Å². The molecule has 0 radical (unpaired) electrons. The number of aromatic hydroxyl groups is 1. The average molecular weight is 417 g/mol. The fourth-order valence-corrected chi connectivity index (χ4v) is 3.64. The van der Waals surface area contributed by atoms with Gasteiger partial charge < -0.3 is 10.4 Å². The van der Waals surface area contributed by atoms with Gasteiger partial charge in [0.2, 0.25) is 0 Å². The van der Waals surface area contributed by atoms with Crippen LogP contribution < -0.4 is 10.2 Å². The lowest BCUT2D eigenvalue weighted by Crippen LogP contribution is -2.34. The number of ketones is 1. The molecule has 0 unspecified atom stereocenters. The van der Waals surface area contributed by atoms with Crippen molar-refractivity contribution < 1.29 is 14.7 Å². The van der Waals surface area contributed by atoms with Crippen molar-refractivity contribution >= 4 is 51.2 Å². The van der Waals surface area contributed by atoms with Gasteiger partial charge >= 0.3 is 0 Å². The van der Waals surface area contributed by atoms with E-state index in [9.17, 15) is 14.7 Å². The molecule has 2 N–H and O–H groups in total. The number of nitrogens with zero attached hydrogens (tertiary/aromatic N) is 2. The van der Waals surface area contributed by atoms with Crippen LogP contribution in [0.1, 0.15) is 18.1 Å². The Hall–Kier alpha value is -3.58. The summed E-state index contributed by atoms with van der Waals surface area (Å²) in [5.74, 6) is -0.317. The number of amides is 1. The van der Waals surface area contributed by atoms with Crippen LogP contribution >= 0.6 is 12.2 Å². The van der Waals surface area contributed by atoms with Gasteiger partial charge in [0, 0.05) is 17.7 Å². The van der Waals surface area contributed by atoms with Crippen LogP contribution in [0, 0.1) is 0 Å². The zero-order valence-corrected chi connectivity index (χ0v) is 17.1. The maximum atomic E-state index is 12.8. The number of anilines is 1. The number of fused-ring (bicyclic) bond motifs is 2. The molecule has 0 aromatic heterocycles. The van der Waals surface area contributed by atoms with Gasteiger partial charge in [-0.05, 0) is 48.1 Å². The first-order chi connectivity index (χ1) is 14.4.